The van der Waals surface area contributed by atoms with Gasteiger partial charge in [-0.15, -0.1) is 11.3 Å². The summed E-state index contributed by atoms with van der Waals surface area (Å²) in [6.45, 7) is 1.49. The summed E-state index contributed by atoms with van der Waals surface area (Å²) in [7, 11) is 0. The Kier molecular flexibility index (Phi) is 3.40. The first-order chi connectivity index (χ1) is 9.15. The Morgan fingerprint density at radius 3 is 3.21 bits per heavy atom. The number of rotatable bonds is 2. The highest BCUT2D eigenvalue weighted by Gasteiger charge is 2.25. The van der Waals surface area contributed by atoms with Crippen molar-refractivity contribution in [1.82, 2.24) is 9.97 Å². The van der Waals surface area contributed by atoms with Gasteiger partial charge in [-0.05, 0) is 28.8 Å². The molecule has 3 heterocycles. The molecule has 3 rings (SSSR count). The normalized spacial score (nSPS) is 19.8. The molecule has 5 nitrogen and oxygen atoms in total. The average molecular weight is 341 g/mol. The quantitative estimate of drug-likeness (QED) is 0.909. The number of carbonyl (C=O) groups is 1. The van der Waals surface area contributed by atoms with Crippen LogP contribution >= 0.6 is 27.3 Å². The molecule has 0 radical (unpaired) electrons. The van der Waals surface area contributed by atoms with Gasteiger partial charge < -0.3 is 10.6 Å². The topological polar surface area (TPSA) is 72.1 Å². The number of hydrogen-bond donors (Lipinski definition) is 1. The molecule has 1 fully saturated rings. The number of halogens is 1. The Morgan fingerprint density at radius 2 is 2.42 bits per heavy atom. The van der Waals surface area contributed by atoms with E-state index in [0.717, 1.165) is 34.1 Å². The maximum absolute atomic E-state index is 11.3. The van der Waals surface area contributed by atoms with Crippen LogP contribution in [0.5, 0.6) is 0 Å². The second-order valence-electron chi connectivity index (χ2n) is 4.65. The highest BCUT2D eigenvalue weighted by Crippen LogP contribution is 2.30. The molecule has 0 bridgehead atoms. The van der Waals surface area contributed by atoms with Gasteiger partial charge in [-0.2, -0.15) is 0 Å². The first-order valence-electron chi connectivity index (χ1n) is 6.09. The van der Waals surface area contributed by atoms with Crippen LogP contribution in [0.15, 0.2) is 16.0 Å². The minimum Gasteiger partial charge on any atom is -0.369 e. The first kappa shape index (κ1) is 12.8. The van der Waals surface area contributed by atoms with Gasteiger partial charge in [0.2, 0.25) is 11.9 Å². The van der Waals surface area contributed by atoms with Crippen molar-refractivity contribution in [3.05, 3.63) is 16.0 Å². The van der Waals surface area contributed by atoms with E-state index in [2.05, 4.69) is 25.9 Å². The van der Waals surface area contributed by atoms with Crippen molar-refractivity contribution in [2.45, 2.75) is 12.8 Å². The third-order valence-electron chi connectivity index (χ3n) is 3.36. The fraction of sp³-hybridized carbons (Fsp3) is 0.417. The second kappa shape index (κ2) is 5.05. The molecule has 0 spiro atoms. The van der Waals surface area contributed by atoms with Crippen molar-refractivity contribution in [2.75, 3.05) is 18.0 Å². The molecule has 1 atom stereocenters. The fourth-order valence-electron chi connectivity index (χ4n) is 2.33. The fourth-order valence-corrected chi connectivity index (χ4v) is 3.77. The Balaban J connectivity index is 1.90. The summed E-state index contributed by atoms with van der Waals surface area (Å²) in [5.74, 6) is 0.346. The summed E-state index contributed by atoms with van der Waals surface area (Å²) >= 11 is 5.10. The zero-order chi connectivity index (χ0) is 13.4. The lowest BCUT2D eigenvalue weighted by Gasteiger charge is -2.31. The molecule has 1 aliphatic rings. The van der Waals surface area contributed by atoms with Gasteiger partial charge in [0.25, 0.3) is 0 Å². The van der Waals surface area contributed by atoms with Crippen LogP contribution in [0.1, 0.15) is 12.8 Å². The maximum atomic E-state index is 11.3. The largest absolute Gasteiger partial charge is 0.369 e. The number of nitrogens with two attached hydrogens (primary N) is 1. The van der Waals surface area contributed by atoms with Gasteiger partial charge in [0.05, 0.1) is 21.3 Å². The van der Waals surface area contributed by atoms with Gasteiger partial charge in [0, 0.05) is 18.5 Å². The molecule has 0 aliphatic carbocycles. The smallest absolute Gasteiger partial charge is 0.225 e. The van der Waals surface area contributed by atoms with E-state index in [1.165, 1.54) is 0 Å². The molecule has 19 heavy (non-hydrogen) atoms. The van der Waals surface area contributed by atoms with Gasteiger partial charge in [-0.3, -0.25) is 4.79 Å². The molecule has 1 unspecified atom stereocenters. The zero-order valence-electron chi connectivity index (χ0n) is 10.2. The number of piperidine rings is 1. The number of primary amides is 1. The van der Waals surface area contributed by atoms with Crippen LogP contribution in [0.3, 0.4) is 0 Å². The minimum atomic E-state index is -0.234. The lowest BCUT2D eigenvalue weighted by molar-refractivity contribution is -0.122. The Labute approximate surface area is 123 Å². The second-order valence-corrected chi connectivity index (χ2v) is 6.42. The Morgan fingerprint density at radius 1 is 1.58 bits per heavy atom. The highest BCUT2D eigenvalue weighted by molar-refractivity contribution is 9.10. The summed E-state index contributed by atoms with van der Waals surface area (Å²) in [5.41, 5.74) is 6.32. The number of nitrogens with zero attached hydrogens (tertiary/aromatic N) is 3. The third kappa shape index (κ3) is 2.44. The molecule has 1 aliphatic heterocycles. The van der Waals surface area contributed by atoms with Gasteiger partial charge in [0.1, 0.15) is 5.52 Å². The van der Waals surface area contributed by atoms with E-state index < -0.39 is 0 Å². The highest BCUT2D eigenvalue weighted by atomic mass is 79.9. The van der Waals surface area contributed by atoms with E-state index in [1.54, 1.807) is 11.3 Å². The molecule has 2 aromatic rings. The predicted molar refractivity (Wildman–Crippen MR) is 79.2 cm³/mol. The van der Waals surface area contributed by atoms with Crippen molar-refractivity contribution in [3.63, 3.8) is 0 Å². The maximum Gasteiger partial charge on any atom is 0.225 e. The summed E-state index contributed by atoms with van der Waals surface area (Å²) in [6.07, 6.45) is 3.64. The van der Waals surface area contributed by atoms with E-state index in [0.29, 0.717) is 12.5 Å². The minimum absolute atomic E-state index is 0.0982. The van der Waals surface area contributed by atoms with Crippen molar-refractivity contribution in [1.29, 1.82) is 0 Å². The van der Waals surface area contributed by atoms with Crippen LogP contribution in [-0.4, -0.2) is 29.0 Å². The molecule has 1 amide bonds. The van der Waals surface area contributed by atoms with Crippen molar-refractivity contribution in [2.24, 2.45) is 11.7 Å². The van der Waals surface area contributed by atoms with Crippen LogP contribution in [0.25, 0.3) is 10.2 Å². The molecule has 7 heteroatoms. The molecular weight excluding hydrogens is 328 g/mol. The molecule has 2 N–H and O–H groups in total. The number of fused-ring (bicyclic) bond motifs is 1. The average Bonchev–Trinajstić information content (AvgIpc) is 2.80. The molecule has 0 aromatic carbocycles. The number of hydrogen-bond acceptors (Lipinski definition) is 5. The van der Waals surface area contributed by atoms with Gasteiger partial charge in [0.15, 0.2) is 0 Å². The number of aromatic nitrogens is 2. The first-order valence-corrected chi connectivity index (χ1v) is 7.76. The van der Waals surface area contributed by atoms with E-state index >= 15 is 0 Å². The van der Waals surface area contributed by atoms with E-state index in [9.17, 15) is 4.79 Å². The Hall–Kier alpha value is -1.21. The monoisotopic (exact) mass is 340 g/mol. The number of thiophene rings is 1. The van der Waals surface area contributed by atoms with Crippen LogP contribution in [0, 0.1) is 5.92 Å². The summed E-state index contributed by atoms with van der Waals surface area (Å²) in [6, 6.07) is 0. The summed E-state index contributed by atoms with van der Waals surface area (Å²) < 4.78 is 2.04. The number of amides is 1. The summed E-state index contributed by atoms with van der Waals surface area (Å²) in [5, 5.41) is 2.01. The van der Waals surface area contributed by atoms with E-state index in [-0.39, 0.29) is 11.8 Å². The van der Waals surface area contributed by atoms with Gasteiger partial charge in [-0.1, -0.05) is 0 Å². The zero-order valence-corrected chi connectivity index (χ0v) is 12.6. The number of carbonyl (C=O) groups excluding carboxylic acids is 1. The van der Waals surface area contributed by atoms with Crippen molar-refractivity contribution >= 4 is 49.3 Å². The van der Waals surface area contributed by atoms with Crippen LogP contribution in [-0.2, 0) is 4.79 Å². The summed E-state index contributed by atoms with van der Waals surface area (Å²) in [4.78, 5) is 22.3. The lowest BCUT2D eigenvalue weighted by atomic mass is 9.98. The van der Waals surface area contributed by atoms with Crippen molar-refractivity contribution < 1.29 is 4.79 Å². The predicted octanol–water partition coefficient (Wildman–Crippen LogP) is 2.16. The SMILES string of the molecule is NC(=O)C1CCCN(c2ncc3scc(Br)c3n2)C1. The van der Waals surface area contributed by atoms with E-state index in [4.69, 9.17) is 5.73 Å². The molecule has 2 aromatic heterocycles. The number of anilines is 1. The standard InChI is InChI=1S/C12H13BrN4OS/c13-8-6-19-9-4-15-12(16-10(8)9)17-3-1-2-7(5-17)11(14)18/h4,6-7H,1-3,5H2,(H2,14,18). The van der Waals surface area contributed by atoms with Gasteiger partial charge >= 0.3 is 0 Å². The molecular formula is C12H13BrN4OS. The van der Waals surface area contributed by atoms with Crippen LogP contribution in [0.4, 0.5) is 5.95 Å². The molecule has 100 valence electrons. The van der Waals surface area contributed by atoms with E-state index in [1.807, 2.05) is 16.5 Å². The van der Waals surface area contributed by atoms with Gasteiger partial charge in [-0.25, -0.2) is 9.97 Å². The third-order valence-corrected chi connectivity index (χ3v) is 5.18. The molecule has 0 saturated carbocycles. The Bertz CT molecular complexity index is 629. The van der Waals surface area contributed by atoms with Crippen LogP contribution in [0.2, 0.25) is 0 Å². The van der Waals surface area contributed by atoms with Crippen LogP contribution < -0.4 is 10.6 Å². The van der Waals surface area contributed by atoms with Crippen molar-refractivity contribution in [3.8, 4) is 0 Å². The molecule has 1 saturated heterocycles. The lowest BCUT2D eigenvalue weighted by Crippen LogP contribution is -2.41.